The number of hydrogen-bond acceptors (Lipinski definition) is 6. The van der Waals surface area contributed by atoms with Gasteiger partial charge < -0.3 is 14.4 Å². The smallest absolute Gasteiger partial charge is 0.243 e. The van der Waals surface area contributed by atoms with Crippen molar-refractivity contribution in [2.45, 2.75) is 17.1 Å². The Morgan fingerprint density at radius 1 is 0.906 bits per heavy atom. The van der Waals surface area contributed by atoms with Gasteiger partial charge in [-0.15, -0.1) is 0 Å². The molecule has 2 fully saturated rings. The molecule has 3 heterocycles. The van der Waals surface area contributed by atoms with Crippen LogP contribution in [0.15, 0.2) is 53.4 Å². The second-order valence-corrected chi connectivity index (χ2v) is 10.3. The van der Waals surface area contributed by atoms with E-state index in [1.807, 2.05) is 18.2 Å². The van der Waals surface area contributed by atoms with Gasteiger partial charge in [0.1, 0.15) is 5.82 Å². The molecular weight excluding hydrogens is 433 g/mol. The first-order chi connectivity index (χ1) is 15.5. The van der Waals surface area contributed by atoms with Gasteiger partial charge in [-0.2, -0.15) is 4.31 Å². The molecule has 0 radical (unpaired) electrons. The number of hydrogen-bond donors (Lipinski definition) is 0. The van der Waals surface area contributed by atoms with Crippen molar-refractivity contribution in [3.05, 3.63) is 59.9 Å². The lowest BCUT2D eigenvalue weighted by Crippen LogP contribution is -2.51. The molecule has 32 heavy (non-hydrogen) atoms. The Balaban J connectivity index is 1.19. The van der Waals surface area contributed by atoms with Crippen LogP contribution in [0.2, 0.25) is 0 Å². The number of piperazine rings is 1. The zero-order chi connectivity index (χ0) is 22.2. The van der Waals surface area contributed by atoms with Gasteiger partial charge in [-0.25, -0.2) is 12.8 Å². The van der Waals surface area contributed by atoms with Gasteiger partial charge in [-0.05, 0) is 43.3 Å². The standard InChI is InChI=1S/C23H28FN3O4S/c24-19-6-8-20(9-7-19)26-14-12-25(13-15-26)10-3-11-27-18-23(30-16-17-31-23)21-4-1-2-5-22(21)32(27,28)29/h1-2,4-9H,3,10-18H2. The lowest BCUT2D eigenvalue weighted by molar-refractivity contribution is -0.176. The van der Waals surface area contributed by atoms with Crippen LogP contribution >= 0.6 is 0 Å². The van der Waals surface area contributed by atoms with E-state index in [1.165, 1.54) is 16.4 Å². The Morgan fingerprint density at radius 2 is 1.59 bits per heavy atom. The second kappa shape index (κ2) is 8.72. The fourth-order valence-corrected chi connectivity index (χ4v) is 6.54. The SMILES string of the molecule is O=S1(=O)c2ccccc2C2(CN1CCCN1CCN(c3ccc(F)cc3)CC1)OCCO2. The molecule has 2 aromatic rings. The first-order valence-electron chi connectivity index (χ1n) is 11.1. The summed E-state index contributed by atoms with van der Waals surface area (Å²) in [5, 5.41) is 0. The zero-order valence-electron chi connectivity index (χ0n) is 18.0. The molecule has 3 aliphatic rings. The minimum atomic E-state index is -3.58. The minimum Gasteiger partial charge on any atom is -0.369 e. The largest absolute Gasteiger partial charge is 0.369 e. The van der Waals surface area contributed by atoms with Crippen LogP contribution in [0.1, 0.15) is 12.0 Å². The van der Waals surface area contributed by atoms with Gasteiger partial charge in [0.25, 0.3) is 0 Å². The van der Waals surface area contributed by atoms with Crippen LogP contribution in [-0.2, 0) is 25.3 Å². The van der Waals surface area contributed by atoms with Gasteiger partial charge in [0, 0.05) is 44.0 Å². The Kier molecular flexibility index (Phi) is 5.94. The number of ether oxygens (including phenoxy) is 2. The van der Waals surface area contributed by atoms with Crippen molar-refractivity contribution in [2.24, 2.45) is 0 Å². The van der Waals surface area contributed by atoms with Crippen LogP contribution < -0.4 is 4.90 Å². The highest BCUT2D eigenvalue weighted by molar-refractivity contribution is 7.89. The highest BCUT2D eigenvalue weighted by Crippen LogP contribution is 2.41. The van der Waals surface area contributed by atoms with E-state index in [4.69, 9.17) is 9.47 Å². The highest BCUT2D eigenvalue weighted by Gasteiger charge is 2.50. The summed E-state index contributed by atoms with van der Waals surface area (Å²) in [6.07, 6.45) is 0.730. The molecule has 1 spiro atoms. The lowest BCUT2D eigenvalue weighted by Gasteiger charge is -2.40. The van der Waals surface area contributed by atoms with E-state index < -0.39 is 15.8 Å². The zero-order valence-corrected chi connectivity index (χ0v) is 18.8. The number of sulfonamides is 1. The van der Waals surface area contributed by atoms with E-state index in [1.54, 1.807) is 18.2 Å². The third kappa shape index (κ3) is 4.04. The van der Waals surface area contributed by atoms with Gasteiger partial charge >= 0.3 is 0 Å². The molecule has 7 nitrogen and oxygen atoms in total. The summed E-state index contributed by atoms with van der Waals surface area (Å²) in [6, 6.07) is 13.6. The normalized spacial score (nSPS) is 22.8. The average molecular weight is 462 g/mol. The van der Waals surface area contributed by atoms with E-state index in [2.05, 4.69) is 9.80 Å². The monoisotopic (exact) mass is 461 g/mol. The van der Waals surface area contributed by atoms with Crippen molar-refractivity contribution < 1.29 is 22.3 Å². The molecule has 0 aliphatic carbocycles. The summed E-state index contributed by atoms with van der Waals surface area (Å²) in [5.74, 6) is -1.22. The fraction of sp³-hybridized carbons (Fsp3) is 0.478. The molecule has 3 aliphatic heterocycles. The molecule has 172 valence electrons. The first-order valence-corrected chi connectivity index (χ1v) is 12.5. The summed E-state index contributed by atoms with van der Waals surface area (Å²) in [7, 11) is -3.58. The summed E-state index contributed by atoms with van der Waals surface area (Å²) >= 11 is 0. The number of halogens is 1. The number of anilines is 1. The predicted octanol–water partition coefficient (Wildman–Crippen LogP) is 2.24. The van der Waals surface area contributed by atoms with Gasteiger partial charge in [-0.3, -0.25) is 4.90 Å². The van der Waals surface area contributed by atoms with Crippen LogP contribution in [0.5, 0.6) is 0 Å². The van der Waals surface area contributed by atoms with Gasteiger partial charge in [-0.1, -0.05) is 18.2 Å². The topological polar surface area (TPSA) is 62.3 Å². The third-order valence-corrected chi connectivity index (χ3v) is 8.40. The molecule has 5 rings (SSSR count). The van der Waals surface area contributed by atoms with Gasteiger partial charge in [0.05, 0.1) is 24.7 Å². The number of benzene rings is 2. The van der Waals surface area contributed by atoms with Crippen LogP contribution in [0.4, 0.5) is 10.1 Å². The lowest BCUT2D eigenvalue weighted by atomic mass is 10.1. The summed E-state index contributed by atoms with van der Waals surface area (Å²) in [5.41, 5.74) is 1.64. The van der Waals surface area contributed by atoms with Crippen molar-refractivity contribution in [2.75, 3.05) is 63.9 Å². The van der Waals surface area contributed by atoms with Crippen molar-refractivity contribution in [3.8, 4) is 0 Å². The highest BCUT2D eigenvalue weighted by atomic mass is 32.2. The molecule has 9 heteroatoms. The summed E-state index contributed by atoms with van der Waals surface area (Å²) < 4.78 is 52.9. The number of rotatable bonds is 5. The van der Waals surface area contributed by atoms with Crippen LogP contribution in [-0.4, -0.2) is 76.6 Å². The van der Waals surface area contributed by atoms with Crippen LogP contribution in [0, 0.1) is 5.82 Å². The number of fused-ring (bicyclic) bond motifs is 2. The quantitative estimate of drug-likeness (QED) is 0.681. The third-order valence-electron chi connectivity index (χ3n) is 6.50. The van der Waals surface area contributed by atoms with Crippen molar-refractivity contribution in [1.29, 1.82) is 0 Å². The molecule has 0 N–H and O–H groups in total. The Hall–Kier alpha value is -2.04. The maximum absolute atomic E-state index is 13.2. The average Bonchev–Trinajstić information content (AvgIpc) is 3.28. The van der Waals surface area contributed by atoms with E-state index in [0.717, 1.165) is 44.8 Å². The first kappa shape index (κ1) is 21.8. The van der Waals surface area contributed by atoms with Crippen LogP contribution in [0.3, 0.4) is 0 Å². The summed E-state index contributed by atoms with van der Waals surface area (Å²) in [4.78, 5) is 4.88. The molecule has 0 amide bonds. The molecule has 0 aromatic heterocycles. The fourth-order valence-electron chi connectivity index (χ4n) is 4.80. The molecule has 0 saturated carbocycles. The minimum absolute atomic E-state index is 0.185. The van der Waals surface area contributed by atoms with Crippen LogP contribution in [0.25, 0.3) is 0 Å². The molecule has 2 saturated heterocycles. The van der Waals surface area contributed by atoms with Gasteiger partial charge in [0.2, 0.25) is 15.8 Å². The Bertz CT molecular complexity index is 1050. The molecular formula is C23H28FN3O4S. The van der Waals surface area contributed by atoms with E-state index in [-0.39, 0.29) is 17.3 Å². The molecule has 2 aromatic carbocycles. The number of nitrogens with zero attached hydrogens (tertiary/aromatic N) is 3. The van der Waals surface area contributed by atoms with Crippen molar-refractivity contribution >= 4 is 15.7 Å². The molecule has 0 unspecified atom stereocenters. The molecule has 0 atom stereocenters. The van der Waals surface area contributed by atoms with Crippen molar-refractivity contribution in [1.82, 2.24) is 9.21 Å². The maximum Gasteiger partial charge on any atom is 0.243 e. The predicted molar refractivity (Wildman–Crippen MR) is 118 cm³/mol. The molecule has 0 bridgehead atoms. The van der Waals surface area contributed by atoms with E-state index in [0.29, 0.717) is 25.3 Å². The van der Waals surface area contributed by atoms with E-state index >= 15 is 0 Å². The Labute approximate surface area is 188 Å². The maximum atomic E-state index is 13.2. The second-order valence-electron chi connectivity index (χ2n) is 8.44. The summed E-state index contributed by atoms with van der Waals surface area (Å²) in [6.45, 7) is 5.86. The Morgan fingerprint density at radius 3 is 2.31 bits per heavy atom. The van der Waals surface area contributed by atoms with E-state index in [9.17, 15) is 12.8 Å². The van der Waals surface area contributed by atoms with Gasteiger partial charge in [0.15, 0.2) is 0 Å². The van der Waals surface area contributed by atoms with Crippen molar-refractivity contribution in [3.63, 3.8) is 0 Å².